The number of nitrogens with zero attached hydrogens (tertiary/aromatic N) is 1. The quantitative estimate of drug-likeness (QED) is 0.200. The van der Waals surface area contributed by atoms with E-state index in [1.165, 1.54) is 43.7 Å². The van der Waals surface area contributed by atoms with Crippen molar-refractivity contribution in [2.45, 2.75) is 11.8 Å². The number of rotatable bonds is 9. The number of hydrogen-bond acceptors (Lipinski definition) is 7. The van der Waals surface area contributed by atoms with E-state index >= 15 is 0 Å². The zero-order chi connectivity index (χ0) is 25.5. The molecule has 0 spiro atoms. The lowest BCUT2D eigenvalue weighted by atomic mass is 10.0. The fourth-order valence-corrected chi connectivity index (χ4v) is 4.44. The Morgan fingerprint density at radius 2 is 1.69 bits per heavy atom. The SMILES string of the molecule is CCOc1cc(/C=N\NC(=O)c2cccc3ccccc23)ccc1OS(=O)(=O)c1ccc(OC)cc1. The lowest BCUT2D eigenvalue weighted by Crippen LogP contribution is -2.17. The maximum Gasteiger partial charge on any atom is 0.339 e. The molecule has 0 bridgehead atoms. The van der Waals surface area contributed by atoms with E-state index in [2.05, 4.69) is 10.5 Å². The normalized spacial score (nSPS) is 11.4. The van der Waals surface area contributed by atoms with Crippen molar-refractivity contribution < 1.29 is 26.9 Å². The Labute approximate surface area is 209 Å². The van der Waals surface area contributed by atoms with Crippen molar-refractivity contribution in [3.05, 3.63) is 96.1 Å². The largest absolute Gasteiger partial charge is 0.497 e. The molecule has 1 amide bonds. The molecule has 0 aromatic heterocycles. The first kappa shape index (κ1) is 24.7. The number of benzene rings is 4. The molecule has 0 unspecified atom stereocenters. The fraction of sp³-hybridized carbons (Fsp3) is 0.111. The van der Waals surface area contributed by atoms with Crippen LogP contribution in [0, 0.1) is 0 Å². The highest BCUT2D eigenvalue weighted by atomic mass is 32.2. The predicted molar refractivity (Wildman–Crippen MR) is 137 cm³/mol. The molecule has 0 aliphatic rings. The van der Waals surface area contributed by atoms with Crippen molar-refractivity contribution in [2.75, 3.05) is 13.7 Å². The summed E-state index contributed by atoms with van der Waals surface area (Å²) >= 11 is 0. The molecule has 4 aromatic rings. The van der Waals surface area contributed by atoms with E-state index in [0.717, 1.165) is 10.8 Å². The minimum absolute atomic E-state index is 0.0208. The number of carbonyl (C=O) groups is 1. The molecule has 9 heteroatoms. The van der Waals surface area contributed by atoms with Crippen molar-refractivity contribution in [3.63, 3.8) is 0 Å². The Hall–Kier alpha value is -4.37. The first-order valence-corrected chi connectivity index (χ1v) is 12.5. The van der Waals surface area contributed by atoms with Crippen molar-refractivity contribution in [3.8, 4) is 17.2 Å². The highest BCUT2D eigenvalue weighted by Crippen LogP contribution is 2.31. The molecular formula is C27H24N2O6S. The number of nitrogens with one attached hydrogen (secondary N) is 1. The molecule has 36 heavy (non-hydrogen) atoms. The monoisotopic (exact) mass is 504 g/mol. The van der Waals surface area contributed by atoms with Gasteiger partial charge in [-0.2, -0.15) is 13.5 Å². The summed E-state index contributed by atoms with van der Waals surface area (Å²) in [6.07, 6.45) is 1.44. The summed E-state index contributed by atoms with van der Waals surface area (Å²) in [6.45, 7) is 2.06. The highest BCUT2D eigenvalue weighted by molar-refractivity contribution is 7.87. The number of methoxy groups -OCH3 is 1. The first-order valence-electron chi connectivity index (χ1n) is 11.1. The Morgan fingerprint density at radius 3 is 2.44 bits per heavy atom. The lowest BCUT2D eigenvalue weighted by Gasteiger charge is -2.12. The summed E-state index contributed by atoms with van der Waals surface area (Å²) in [6, 6.07) is 23.6. The molecule has 0 saturated heterocycles. The third-order valence-corrected chi connectivity index (χ3v) is 6.48. The molecule has 0 radical (unpaired) electrons. The summed E-state index contributed by atoms with van der Waals surface area (Å²) in [5.74, 6) is 0.433. The van der Waals surface area contributed by atoms with Gasteiger partial charge in [-0.1, -0.05) is 36.4 Å². The average Bonchev–Trinajstić information content (AvgIpc) is 2.89. The first-order chi connectivity index (χ1) is 17.4. The van der Waals surface area contributed by atoms with Gasteiger partial charge in [-0.05, 0) is 71.8 Å². The highest BCUT2D eigenvalue weighted by Gasteiger charge is 2.19. The topological polar surface area (TPSA) is 103 Å². The van der Waals surface area contributed by atoms with E-state index in [0.29, 0.717) is 16.9 Å². The molecule has 0 heterocycles. The summed E-state index contributed by atoms with van der Waals surface area (Å²) < 4.78 is 41.4. The summed E-state index contributed by atoms with van der Waals surface area (Å²) in [7, 11) is -2.60. The molecule has 0 aliphatic carbocycles. The zero-order valence-electron chi connectivity index (χ0n) is 19.7. The third kappa shape index (κ3) is 5.64. The van der Waals surface area contributed by atoms with Crippen LogP contribution in [-0.2, 0) is 10.1 Å². The maximum absolute atomic E-state index is 12.7. The summed E-state index contributed by atoms with van der Waals surface area (Å²) in [5, 5.41) is 5.82. The number of carbonyl (C=O) groups excluding carboxylic acids is 1. The van der Waals surface area contributed by atoms with Crippen molar-refractivity contribution in [2.24, 2.45) is 5.10 Å². The zero-order valence-corrected chi connectivity index (χ0v) is 20.5. The Bertz CT molecular complexity index is 1510. The van der Waals surface area contributed by atoms with Crippen LogP contribution in [0.1, 0.15) is 22.8 Å². The summed E-state index contributed by atoms with van der Waals surface area (Å²) in [5.41, 5.74) is 3.61. The number of ether oxygens (including phenoxy) is 2. The van der Waals surface area contributed by atoms with Crippen LogP contribution in [0.4, 0.5) is 0 Å². The van der Waals surface area contributed by atoms with Gasteiger partial charge in [0.15, 0.2) is 11.5 Å². The van der Waals surface area contributed by atoms with Gasteiger partial charge in [0.1, 0.15) is 10.6 Å². The second-order valence-corrected chi connectivity index (χ2v) is 9.12. The molecule has 8 nitrogen and oxygen atoms in total. The molecule has 0 atom stereocenters. The molecule has 4 aromatic carbocycles. The van der Waals surface area contributed by atoms with Gasteiger partial charge < -0.3 is 13.7 Å². The second kappa shape index (κ2) is 10.9. The van der Waals surface area contributed by atoms with E-state index in [1.54, 1.807) is 25.1 Å². The van der Waals surface area contributed by atoms with Crippen LogP contribution >= 0.6 is 0 Å². The second-order valence-electron chi connectivity index (χ2n) is 7.58. The van der Waals surface area contributed by atoms with Crippen LogP contribution in [0.15, 0.2) is 94.9 Å². The van der Waals surface area contributed by atoms with Crippen LogP contribution < -0.4 is 19.1 Å². The molecule has 184 valence electrons. The van der Waals surface area contributed by atoms with Crippen LogP contribution in [0.3, 0.4) is 0 Å². The molecule has 1 N–H and O–H groups in total. The predicted octanol–water partition coefficient (Wildman–Crippen LogP) is 4.78. The van der Waals surface area contributed by atoms with Gasteiger partial charge in [-0.25, -0.2) is 5.43 Å². The molecule has 4 rings (SSSR count). The van der Waals surface area contributed by atoms with Gasteiger partial charge in [0, 0.05) is 5.56 Å². The smallest absolute Gasteiger partial charge is 0.339 e. The number of amides is 1. The third-order valence-electron chi connectivity index (χ3n) is 5.23. The van der Waals surface area contributed by atoms with Crippen LogP contribution in [0.2, 0.25) is 0 Å². The van der Waals surface area contributed by atoms with Gasteiger partial charge in [0.2, 0.25) is 0 Å². The fourth-order valence-electron chi connectivity index (χ4n) is 3.50. The van der Waals surface area contributed by atoms with E-state index < -0.39 is 10.1 Å². The van der Waals surface area contributed by atoms with E-state index in [1.807, 2.05) is 36.4 Å². The Balaban J connectivity index is 1.50. The molecular weight excluding hydrogens is 480 g/mol. The van der Waals surface area contributed by atoms with Crippen molar-refractivity contribution in [1.82, 2.24) is 5.43 Å². The molecule has 0 aliphatic heterocycles. The van der Waals surface area contributed by atoms with Gasteiger partial charge in [0.25, 0.3) is 5.91 Å². The minimum atomic E-state index is -4.09. The molecule has 0 fully saturated rings. The van der Waals surface area contributed by atoms with Crippen LogP contribution in [0.5, 0.6) is 17.2 Å². The van der Waals surface area contributed by atoms with Gasteiger partial charge in [-0.3, -0.25) is 4.79 Å². The standard InChI is InChI=1S/C27H24N2O6S/c1-3-34-26-17-19(11-16-25(26)35-36(31,32)22-14-12-21(33-2)13-15-22)18-28-29-27(30)24-10-6-8-20-7-4-5-9-23(20)24/h4-18H,3H2,1-2H3,(H,29,30)/b28-18-. The van der Waals surface area contributed by atoms with E-state index in [4.69, 9.17) is 13.7 Å². The van der Waals surface area contributed by atoms with E-state index in [9.17, 15) is 13.2 Å². The van der Waals surface area contributed by atoms with Crippen molar-refractivity contribution in [1.29, 1.82) is 0 Å². The summed E-state index contributed by atoms with van der Waals surface area (Å²) in [4.78, 5) is 12.6. The average molecular weight is 505 g/mol. The Morgan fingerprint density at radius 1 is 0.944 bits per heavy atom. The number of hydrazone groups is 1. The van der Waals surface area contributed by atoms with Crippen LogP contribution in [-0.4, -0.2) is 34.3 Å². The maximum atomic E-state index is 12.7. The van der Waals surface area contributed by atoms with Gasteiger partial charge >= 0.3 is 10.1 Å². The number of fused-ring (bicyclic) bond motifs is 1. The lowest BCUT2D eigenvalue weighted by molar-refractivity contribution is 0.0956. The Kier molecular flexibility index (Phi) is 7.50. The van der Waals surface area contributed by atoms with Gasteiger partial charge in [-0.15, -0.1) is 0 Å². The van der Waals surface area contributed by atoms with Crippen LogP contribution in [0.25, 0.3) is 10.8 Å². The van der Waals surface area contributed by atoms with Crippen molar-refractivity contribution >= 4 is 33.0 Å². The van der Waals surface area contributed by atoms with E-state index in [-0.39, 0.29) is 28.9 Å². The minimum Gasteiger partial charge on any atom is -0.497 e. The molecule has 0 saturated carbocycles. The van der Waals surface area contributed by atoms with Gasteiger partial charge in [0.05, 0.1) is 19.9 Å². The number of hydrogen-bond donors (Lipinski definition) is 1.